The van der Waals surface area contributed by atoms with Gasteiger partial charge in [0.2, 0.25) is 0 Å². The molecule has 0 fully saturated rings. The van der Waals surface area contributed by atoms with Gasteiger partial charge in [-0.15, -0.1) is 0 Å². The van der Waals surface area contributed by atoms with Crippen LogP contribution in [0.5, 0.6) is 0 Å². The fraction of sp³-hybridized carbons (Fsp3) is 0.500. The first-order valence-electron chi connectivity index (χ1n) is 6.02. The molecule has 0 aliphatic rings. The van der Waals surface area contributed by atoms with Crippen molar-refractivity contribution in [1.29, 1.82) is 0 Å². The van der Waals surface area contributed by atoms with Gasteiger partial charge in [-0.2, -0.15) is 0 Å². The maximum atomic E-state index is 11.2. The Morgan fingerprint density at radius 2 is 1.94 bits per heavy atom. The highest BCUT2D eigenvalue weighted by atomic mass is 16.5. The molecule has 4 heteroatoms. The van der Waals surface area contributed by atoms with Gasteiger partial charge in [0, 0.05) is 6.54 Å². The maximum absolute atomic E-state index is 11.2. The van der Waals surface area contributed by atoms with Crippen LogP contribution >= 0.6 is 0 Å². The highest BCUT2D eigenvalue weighted by molar-refractivity contribution is 5.76. The number of benzene rings is 1. The molecule has 0 radical (unpaired) electrons. The van der Waals surface area contributed by atoms with Crippen LogP contribution in [-0.2, 0) is 9.53 Å². The zero-order valence-corrected chi connectivity index (χ0v) is 11.1. The smallest absolute Gasteiger partial charge is 0.312 e. The number of rotatable bonds is 6. The Morgan fingerprint density at radius 1 is 1.33 bits per heavy atom. The van der Waals surface area contributed by atoms with Crippen LogP contribution in [0, 0.1) is 0 Å². The third-order valence-electron chi connectivity index (χ3n) is 2.46. The molecule has 1 aromatic carbocycles. The van der Waals surface area contributed by atoms with Crippen molar-refractivity contribution in [2.45, 2.75) is 32.3 Å². The Balaban J connectivity index is 2.48. The number of ether oxygens (including phenoxy) is 1. The summed E-state index contributed by atoms with van der Waals surface area (Å²) in [6.07, 6.45) is 0. The maximum Gasteiger partial charge on any atom is 0.312 e. The predicted octanol–water partition coefficient (Wildman–Crippen LogP) is 2.22. The van der Waals surface area contributed by atoms with Crippen LogP contribution in [-0.4, -0.2) is 30.0 Å². The molecule has 0 unspecified atom stereocenters. The zero-order chi connectivity index (χ0) is 13.6. The van der Waals surface area contributed by atoms with E-state index >= 15 is 0 Å². The number of carbonyl (C=O) groups is 1. The quantitative estimate of drug-likeness (QED) is 0.601. The van der Waals surface area contributed by atoms with Crippen LogP contribution in [0.4, 0.5) is 0 Å². The van der Waals surface area contributed by atoms with Crippen molar-refractivity contribution in [2.24, 2.45) is 0 Å². The van der Waals surface area contributed by atoms with Crippen LogP contribution in [0.15, 0.2) is 30.3 Å². The van der Waals surface area contributed by atoms with Crippen LogP contribution in [0.25, 0.3) is 0 Å². The Kier molecular flexibility index (Phi) is 5.31. The van der Waals surface area contributed by atoms with Gasteiger partial charge in [-0.3, -0.25) is 10.1 Å². The average molecular weight is 251 g/mol. The third kappa shape index (κ3) is 5.29. The molecule has 0 aromatic heterocycles. The number of hydrogen-bond donors (Lipinski definition) is 2. The summed E-state index contributed by atoms with van der Waals surface area (Å²) in [6, 6.07) is 9.21. The number of aliphatic carboxylic acids is 1. The van der Waals surface area contributed by atoms with E-state index in [0.717, 1.165) is 5.56 Å². The summed E-state index contributed by atoms with van der Waals surface area (Å²) in [5, 5.41) is 12.2. The molecule has 1 aromatic rings. The second kappa shape index (κ2) is 6.52. The molecule has 2 N–H and O–H groups in total. The normalized spacial score (nSPS) is 13.3. The summed E-state index contributed by atoms with van der Waals surface area (Å²) in [4.78, 5) is 11.2. The number of carboxylic acids is 1. The first-order valence-corrected chi connectivity index (χ1v) is 6.02. The van der Waals surface area contributed by atoms with Crippen LogP contribution < -0.4 is 5.32 Å². The van der Waals surface area contributed by atoms with Gasteiger partial charge in [0.15, 0.2) is 0 Å². The number of carboxylic acid groups (broad SMARTS) is 1. The van der Waals surface area contributed by atoms with E-state index in [0.29, 0.717) is 13.3 Å². The summed E-state index contributed by atoms with van der Waals surface area (Å²) >= 11 is 0. The molecule has 0 saturated heterocycles. The fourth-order valence-corrected chi connectivity index (χ4v) is 1.50. The lowest BCUT2D eigenvalue weighted by Crippen LogP contribution is -2.32. The lowest BCUT2D eigenvalue weighted by atomic mass is 9.99. The van der Waals surface area contributed by atoms with Crippen LogP contribution in [0.2, 0.25) is 0 Å². The second-order valence-electron chi connectivity index (χ2n) is 5.16. The first kappa shape index (κ1) is 14.7. The standard InChI is InChI=1S/C14H21NO3/c1-14(2,3)18-10-15-9-12(13(16)17)11-7-5-4-6-8-11/h4-8,12,15H,9-10H2,1-3H3,(H,16,17)/t12-/m1/s1. The van der Waals surface area contributed by atoms with Crippen molar-refractivity contribution in [3.8, 4) is 0 Å². The zero-order valence-electron chi connectivity index (χ0n) is 11.1. The molecule has 100 valence electrons. The van der Waals surface area contributed by atoms with Crippen molar-refractivity contribution < 1.29 is 14.6 Å². The van der Waals surface area contributed by atoms with E-state index in [1.165, 1.54) is 0 Å². The summed E-state index contributed by atoms with van der Waals surface area (Å²) in [7, 11) is 0. The minimum absolute atomic E-state index is 0.224. The van der Waals surface area contributed by atoms with E-state index in [9.17, 15) is 9.90 Å². The van der Waals surface area contributed by atoms with E-state index in [2.05, 4.69) is 5.32 Å². The summed E-state index contributed by atoms with van der Waals surface area (Å²) in [5.74, 6) is -1.38. The molecule has 0 spiro atoms. The minimum Gasteiger partial charge on any atom is -0.481 e. The molecule has 0 amide bonds. The molecule has 0 aliphatic heterocycles. The van der Waals surface area contributed by atoms with Gasteiger partial charge in [-0.25, -0.2) is 0 Å². The molecular weight excluding hydrogens is 230 g/mol. The average Bonchev–Trinajstić information content (AvgIpc) is 2.28. The van der Waals surface area contributed by atoms with Gasteiger partial charge in [-0.05, 0) is 26.3 Å². The lowest BCUT2D eigenvalue weighted by molar-refractivity contribution is -0.138. The van der Waals surface area contributed by atoms with E-state index in [1.54, 1.807) is 0 Å². The Bertz CT molecular complexity index is 370. The highest BCUT2D eigenvalue weighted by Gasteiger charge is 2.19. The molecule has 0 heterocycles. The van der Waals surface area contributed by atoms with Crippen LogP contribution in [0.3, 0.4) is 0 Å². The molecule has 0 bridgehead atoms. The third-order valence-corrected chi connectivity index (χ3v) is 2.46. The molecule has 1 rings (SSSR count). The van der Waals surface area contributed by atoms with Gasteiger partial charge in [0.05, 0.1) is 18.2 Å². The Labute approximate surface area is 108 Å². The van der Waals surface area contributed by atoms with Gasteiger partial charge in [0.25, 0.3) is 0 Å². The van der Waals surface area contributed by atoms with Crippen molar-refractivity contribution >= 4 is 5.97 Å². The van der Waals surface area contributed by atoms with Crippen molar-refractivity contribution in [1.82, 2.24) is 5.32 Å². The highest BCUT2D eigenvalue weighted by Crippen LogP contribution is 2.14. The Hall–Kier alpha value is -1.39. The molecule has 1 atom stereocenters. The van der Waals surface area contributed by atoms with Gasteiger partial charge in [0.1, 0.15) is 0 Å². The summed E-state index contributed by atoms with van der Waals surface area (Å²) in [5.41, 5.74) is 0.576. The lowest BCUT2D eigenvalue weighted by Gasteiger charge is -2.21. The first-order chi connectivity index (χ1) is 8.40. The van der Waals surface area contributed by atoms with E-state index < -0.39 is 11.9 Å². The second-order valence-corrected chi connectivity index (χ2v) is 5.16. The minimum atomic E-state index is -0.829. The summed E-state index contributed by atoms with van der Waals surface area (Å²) in [6.45, 7) is 6.58. The van der Waals surface area contributed by atoms with Gasteiger partial charge in [-0.1, -0.05) is 30.3 Å². The topological polar surface area (TPSA) is 58.6 Å². The van der Waals surface area contributed by atoms with E-state index in [4.69, 9.17) is 4.74 Å². The van der Waals surface area contributed by atoms with Crippen molar-refractivity contribution in [2.75, 3.05) is 13.3 Å². The molecular formula is C14H21NO3. The fourth-order valence-electron chi connectivity index (χ4n) is 1.50. The predicted molar refractivity (Wildman–Crippen MR) is 70.5 cm³/mol. The summed E-state index contributed by atoms with van der Waals surface area (Å²) < 4.78 is 5.49. The number of nitrogens with one attached hydrogen (secondary N) is 1. The molecule has 0 aliphatic carbocycles. The van der Waals surface area contributed by atoms with E-state index in [-0.39, 0.29) is 5.60 Å². The monoisotopic (exact) mass is 251 g/mol. The number of hydrogen-bond acceptors (Lipinski definition) is 3. The largest absolute Gasteiger partial charge is 0.481 e. The molecule has 18 heavy (non-hydrogen) atoms. The van der Waals surface area contributed by atoms with Crippen molar-refractivity contribution in [3.63, 3.8) is 0 Å². The van der Waals surface area contributed by atoms with E-state index in [1.807, 2.05) is 51.1 Å². The molecule has 4 nitrogen and oxygen atoms in total. The SMILES string of the molecule is CC(C)(C)OCNC[C@@H](C(=O)O)c1ccccc1. The Morgan fingerprint density at radius 3 is 2.44 bits per heavy atom. The van der Waals surface area contributed by atoms with Gasteiger partial charge < -0.3 is 9.84 Å². The van der Waals surface area contributed by atoms with Crippen LogP contribution in [0.1, 0.15) is 32.3 Å². The van der Waals surface area contributed by atoms with Crippen molar-refractivity contribution in [3.05, 3.63) is 35.9 Å². The van der Waals surface area contributed by atoms with Gasteiger partial charge >= 0.3 is 5.97 Å². The molecule has 0 saturated carbocycles.